The van der Waals surface area contributed by atoms with Crippen LogP contribution in [0.4, 0.5) is 0 Å². The number of pyridine rings is 2. The van der Waals surface area contributed by atoms with Gasteiger partial charge in [0.15, 0.2) is 0 Å². The summed E-state index contributed by atoms with van der Waals surface area (Å²) in [4.78, 5) is 8.58. The second kappa shape index (κ2) is 2.97. The number of fused-ring (bicyclic) bond motifs is 1. The number of hydrogen-bond acceptors (Lipinski definition) is 2. The first-order chi connectivity index (χ1) is 5.75. The number of rotatable bonds is 0. The first-order valence-electron chi connectivity index (χ1n) is 3.64. The third-order valence-electron chi connectivity index (χ3n) is 1.68. The lowest BCUT2D eigenvalue weighted by Gasteiger charge is -1.97. The second-order valence-electron chi connectivity index (χ2n) is 2.65. The van der Waals surface area contributed by atoms with E-state index in [1.165, 1.54) is 0 Å². The van der Waals surface area contributed by atoms with Crippen LogP contribution < -0.4 is 0 Å². The Kier molecular flexibility index (Phi) is 1.96. The summed E-state index contributed by atoms with van der Waals surface area (Å²) in [5.41, 5.74) is 2.07. The Hall–Kier alpha value is -0.710. The molecule has 0 N–H and O–H groups in total. The average molecular weight is 270 g/mol. The lowest BCUT2D eigenvalue weighted by atomic mass is 10.2. The number of aryl methyl sites for hydroxylation is 1. The Morgan fingerprint density at radius 3 is 3.00 bits per heavy atom. The van der Waals surface area contributed by atoms with E-state index in [1.54, 1.807) is 0 Å². The molecule has 2 nitrogen and oxygen atoms in total. The smallest absolute Gasteiger partial charge is 0.103 e. The first-order valence-corrected chi connectivity index (χ1v) is 4.72. The van der Waals surface area contributed by atoms with Gasteiger partial charge in [-0.1, -0.05) is 0 Å². The summed E-state index contributed by atoms with van der Waals surface area (Å²) in [7, 11) is 0. The molecule has 60 valence electrons. The van der Waals surface area contributed by atoms with Gasteiger partial charge in [0.2, 0.25) is 0 Å². The topological polar surface area (TPSA) is 25.8 Å². The quantitative estimate of drug-likeness (QED) is 0.543. The summed E-state index contributed by atoms with van der Waals surface area (Å²) in [6.45, 7) is 1.99. The van der Waals surface area contributed by atoms with Gasteiger partial charge >= 0.3 is 0 Å². The van der Waals surface area contributed by atoms with E-state index in [-0.39, 0.29) is 0 Å². The van der Waals surface area contributed by atoms with Crippen molar-refractivity contribution in [2.75, 3.05) is 0 Å². The summed E-state index contributed by atoms with van der Waals surface area (Å²) in [5, 5.41) is 1.10. The first kappa shape index (κ1) is 7.91. The molecule has 0 atom stereocenters. The minimum absolute atomic E-state index is 0.984. The monoisotopic (exact) mass is 270 g/mol. The SMILES string of the molecule is Cc1ccc2cnc(I)cc2n1. The molecule has 12 heavy (non-hydrogen) atoms. The Labute approximate surface area is 84.2 Å². The van der Waals surface area contributed by atoms with Crippen molar-refractivity contribution >= 4 is 33.5 Å². The minimum atomic E-state index is 0.984. The van der Waals surface area contributed by atoms with E-state index in [0.29, 0.717) is 0 Å². The molecule has 3 heteroatoms. The molecule has 0 aliphatic rings. The molecule has 0 aliphatic heterocycles. The zero-order valence-electron chi connectivity index (χ0n) is 6.58. The fraction of sp³-hybridized carbons (Fsp3) is 0.111. The van der Waals surface area contributed by atoms with Gasteiger partial charge in [-0.15, -0.1) is 0 Å². The van der Waals surface area contributed by atoms with E-state index in [9.17, 15) is 0 Å². The predicted molar refractivity (Wildman–Crippen MR) is 57.0 cm³/mol. The third kappa shape index (κ3) is 1.41. The molecular formula is C9H7IN2. The lowest BCUT2D eigenvalue weighted by Crippen LogP contribution is -1.85. The van der Waals surface area contributed by atoms with Crippen LogP contribution in [0, 0.1) is 10.6 Å². The highest BCUT2D eigenvalue weighted by Gasteiger charge is 1.95. The standard InChI is InChI=1S/C9H7IN2/c1-6-2-3-7-5-11-9(10)4-8(7)12-6/h2-5H,1H3. The third-order valence-corrected chi connectivity index (χ3v) is 2.27. The number of hydrogen-bond donors (Lipinski definition) is 0. The molecule has 0 radical (unpaired) electrons. The van der Waals surface area contributed by atoms with Crippen molar-refractivity contribution in [3.63, 3.8) is 0 Å². The molecule has 2 heterocycles. The van der Waals surface area contributed by atoms with Crippen LogP contribution in [0.15, 0.2) is 24.4 Å². The van der Waals surface area contributed by atoms with Gasteiger partial charge in [-0.2, -0.15) is 0 Å². The van der Waals surface area contributed by atoms with Gasteiger partial charge in [0.1, 0.15) is 3.70 Å². The highest BCUT2D eigenvalue weighted by molar-refractivity contribution is 14.1. The summed E-state index contributed by atoms with van der Waals surface area (Å²) < 4.78 is 0.984. The van der Waals surface area contributed by atoms with Gasteiger partial charge in [0.05, 0.1) is 5.52 Å². The molecule has 0 fully saturated rings. The van der Waals surface area contributed by atoms with Crippen LogP contribution >= 0.6 is 22.6 Å². The number of halogens is 1. The van der Waals surface area contributed by atoms with Crippen molar-refractivity contribution < 1.29 is 0 Å². The molecule has 0 aromatic carbocycles. The van der Waals surface area contributed by atoms with Crippen LogP contribution in [0.2, 0.25) is 0 Å². The Morgan fingerprint density at radius 2 is 2.17 bits per heavy atom. The summed E-state index contributed by atoms with van der Waals surface area (Å²) in [6, 6.07) is 6.03. The number of aromatic nitrogens is 2. The molecule has 2 rings (SSSR count). The number of nitrogens with zero attached hydrogens (tertiary/aromatic N) is 2. The van der Waals surface area contributed by atoms with Gasteiger partial charge in [0.25, 0.3) is 0 Å². The Morgan fingerprint density at radius 1 is 1.33 bits per heavy atom. The largest absolute Gasteiger partial charge is 0.253 e. The van der Waals surface area contributed by atoms with E-state index in [0.717, 1.165) is 20.3 Å². The van der Waals surface area contributed by atoms with Crippen molar-refractivity contribution in [1.82, 2.24) is 9.97 Å². The maximum Gasteiger partial charge on any atom is 0.103 e. The zero-order valence-corrected chi connectivity index (χ0v) is 8.74. The Balaban J connectivity index is 2.80. The van der Waals surface area contributed by atoms with E-state index < -0.39 is 0 Å². The maximum absolute atomic E-state index is 4.39. The predicted octanol–water partition coefficient (Wildman–Crippen LogP) is 2.54. The molecule has 0 amide bonds. The minimum Gasteiger partial charge on any atom is -0.253 e. The molecule has 2 aromatic heterocycles. The van der Waals surface area contributed by atoms with E-state index in [1.807, 2.05) is 31.3 Å². The molecule has 2 aromatic rings. The lowest BCUT2D eigenvalue weighted by molar-refractivity contribution is 1.22. The van der Waals surface area contributed by atoms with Crippen LogP contribution in [0.25, 0.3) is 10.9 Å². The fourth-order valence-corrected chi connectivity index (χ4v) is 1.53. The highest BCUT2D eigenvalue weighted by atomic mass is 127. The van der Waals surface area contributed by atoms with Crippen LogP contribution in [-0.4, -0.2) is 9.97 Å². The molecule has 0 spiro atoms. The maximum atomic E-state index is 4.39. The Bertz CT molecular complexity index is 389. The van der Waals surface area contributed by atoms with Crippen molar-refractivity contribution in [2.45, 2.75) is 6.92 Å². The van der Waals surface area contributed by atoms with Crippen LogP contribution in [0.1, 0.15) is 5.69 Å². The van der Waals surface area contributed by atoms with Gasteiger partial charge < -0.3 is 0 Å². The molecule has 0 aliphatic carbocycles. The molecular weight excluding hydrogens is 263 g/mol. The molecule has 0 saturated carbocycles. The van der Waals surface area contributed by atoms with E-state index in [4.69, 9.17) is 0 Å². The van der Waals surface area contributed by atoms with Crippen LogP contribution in [-0.2, 0) is 0 Å². The molecule has 0 saturated heterocycles. The van der Waals surface area contributed by atoms with Crippen molar-refractivity contribution in [3.8, 4) is 0 Å². The summed E-state index contributed by atoms with van der Waals surface area (Å²) in [6.07, 6.45) is 1.85. The fourth-order valence-electron chi connectivity index (χ4n) is 1.09. The molecule has 0 unspecified atom stereocenters. The normalized spacial score (nSPS) is 10.5. The van der Waals surface area contributed by atoms with Crippen LogP contribution in [0.3, 0.4) is 0 Å². The second-order valence-corrected chi connectivity index (χ2v) is 3.76. The van der Waals surface area contributed by atoms with Crippen molar-refractivity contribution in [3.05, 3.63) is 33.8 Å². The summed E-state index contributed by atoms with van der Waals surface area (Å²) in [5.74, 6) is 0. The highest BCUT2D eigenvalue weighted by Crippen LogP contribution is 2.12. The van der Waals surface area contributed by atoms with Crippen molar-refractivity contribution in [1.29, 1.82) is 0 Å². The van der Waals surface area contributed by atoms with Gasteiger partial charge in [-0.05, 0) is 47.7 Å². The van der Waals surface area contributed by atoms with E-state index >= 15 is 0 Å². The van der Waals surface area contributed by atoms with Crippen LogP contribution in [0.5, 0.6) is 0 Å². The average Bonchev–Trinajstić information content (AvgIpc) is 2.03. The molecule has 0 bridgehead atoms. The van der Waals surface area contributed by atoms with E-state index in [2.05, 4.69) is 32.6 Å². The van der Waals surface area contributed by atoms with Gasteiger partial charge in [0, 0.05) is 17.3 Å². The van der Waals surface area contributed by atoms with Gasteiger partial charge in [-0.3, -0.25) is 4.98 Å². The zero-order chi connectivity index (χ0) is 8.55. The van der Waals surface area contributed by atoms with Crippen molar-refractivity contribution in [2.24, 2.45) is 0 Å². The van der Waals surface area contributed by atoms with Gasteiger partial charge in [-0.25, -0.2) is 4.98 Å². The summed E-state index contributed by atoms with van der Waals surface area (Å²) >= 11 is 2.19.